The lowest BCUT2D eigenvalue weighted by molar-refractivity contribution is -0.146. The van der Waals surface area contributed by atoms with Crippen LogP contribution < -0.4 is 0 Å². The first-order valence-electron chi connectivity index (χ1n) is 13.9. The van der Waals surface area contributed by atoms with Gasteiger partial charge in [-0.15, -0.1) is 24.9 Å². The molecule has 8 heteroatoms. The summed E-state index contributed by atoms with van der Waals surface area (Å²) in [5, 5.41) is 9.25. The van der Waals surface area contributed by atoms with Gasteiger partial charge in [-0.25, -0.2) is 0 Å². The molecule has 5 atom stereocenters. The first kappa shape index (κ1) is 29.8. The molecule has 2 bridgehead atoms. The highest BCUT2D eigenvalue weighted by atomic mass is 32.2. The molecule has 0 saturated carbocycles. The van der Waals surface area contributed by atoms with Gasteiger partial charge in [-0.1, -0.05) is 19.1 Å². The third kappa shape index (κ3) is 5.25. The van der Waals surface area contributed by atoms with Crippen LogP contribution >= 0.6 is 11.8 Å². The van der Waals surface area contributed by atoms with Crippen LogP contribution in [0.5, 0.6) is 0 Å². The standard InChI is InChI=1S/C29H47N3O4S/c1-8-16-30(17-9-2)24(34)21-22-25(35)31(19-12-11-13-20-33)23(29(22)15-14-28(21,7)37-29)26(36)32(18-10-3)27(4,5)6/h8,10,21-23,33H,1,3,9,11-20H2,2,4-7H3/t21-,22+,23?,28+,29?/m1/s1. The lowest BCUT2D eigenvalue weighted by Gasteiger charge is -2.42. The van der Waals surface area contributed by atoms with Crippen LogP contribution in [0.25, 0.3) is 0 Å². The number of aliphatic hydroxyl groups excluding tert-OH is 1. The van der Waals surface area contributed by atoms with E-state index >= 15 is 0 Å². The van der Waals surface area contributed by atoms with E-state index in [0.29, 0.717) is 32.6 Å². The molecule has 0 radical (unpaired) electrons. The van der Waals surface area contributed by atoms with Crippen molar-refractivity contribution < 1.29 is 19.5 Å². The maximum Gasteiger partial charge on any atom is 0.247 e. The summed E-state index contributed by atoms with van der Waals surface area (Å²) in [6.45, 7) is 20.0. The van der Waals surface area contributed by atoms with Crippen molar-refractivity contribution in [2.24, 2.45) is 11.8 Å². The van der Waals surface area contributed by atoms with Crippen LogP contribution in [-0.4, -0.2) is 91.4 Å². The third-order valence-corrected chi connectivity index (χ3v) is 10.4. The number of rotatable bonds is 13. The second-order valence-electron chi connectivity index (χ2n) is 12.0. The van der Waals surface area contributed by atoms with E-state index in [2.05, 4.69) is 20.1 Å². The van der Waals surface area contributed by atoms with Gasteiger partial charge in [0.15, 0.2) is 0 Å². The molecule has 0 aromatic heterocycles. The Morgan fingerprint density at radius 1 is 1.14 bits per heavy atom. The van der Waals surface area contributed by atoms with Gasteiger partial charge < -0.3 is 19.8 Å². The number of fused-ring (bicyclic) bond motifs is 1. The van der Waals surface area contributed by atoms with E-state index in [-0.39, 0.29) is 29.1 Å². The molecule has 3 amide bonds. The molecule has 3 heterocycles. The van der Waals surface area contributed by atoms with E-state index in [0.717, 1.165) is 32.1 Å². The predicted molar refractivity (Wildman–Crippen MR) is 150 cm³/mol. The van der Waals surface area contributed by atoms with Crippen molar-refractivity contribution in [2.45, 2.75) is 94.2 Å². The van der Waals surface area contributed by atoms with Crippen molar-refractivity contribution in [1.29, 1.82) is 0 Å². The van der Waals surface area contributed by atoms with Gasteiger partial charge in [0.1, 0.15) is 6.04 Å². The van der Waals surface area contributed by atoms with Gasteiger partial charge in [-0.05, 0) is 66.2 Å². The molecule has 3 aliphatic heterocycles. The number of carbonyl (C=O) groups is 3. The Bertz CT molecular complexity index is 902. The van der Waals surface area contributed by atoms with Crippen LogP contribution in [0.2, 0.25) is 0 Å². The zero-order valence-corrected chi connectivity index (χ0v) is 24.3. The molecule has 2 unspecified atom stereocenters. The maximum atomic E-state index is 14.4. The van der Waals surface area contributed by atoms with E-state index in [9.17, 15) is 19.5 Å². The fraction of sp³-hybridized carbons (Fsp3) is 0.759. The van der Waals surface area contributed by atoms with Gasteiger partial charge in [-0.2, -0.15) is 0 Å². The zero-order chi connectivity index (χ0) is 27.6. The number of likely N-dealkylation sites (tertiary alicyclic amines) is 1. The highest BCUT2D eigenvalue weighted by Gasteiger charge is 2.77. The third-order valence-electron chi connectivity index (χ3n) is 8.38. The Morgan fingerprint density at radius 2 is 1.81 bits per heavy atom. The van der Waals surface area contributed by atoms with Crippen LogP contribution in [0, 0.1) is 11.8 Å². The summed E-state index contributed by atoms with van der Waals surface area (Å²) in [7, 11) is 0. The molecular formula is C29H47N3O4S. The Labute approximate surface area is 227 Å². The van der Waals surface area contributed by atoms with Crippen LogP contribution in [-0.2, 0) is 14.4 Å². The molecule has 3 rings (SSSR count). The number of carbonyl (C=O) groups excluding carboxylic acids is 3. The highest BCUT2D eigenvalue weighted by molar-refractivity contribution is 8.02. The number of amides is 3. The van der Waals surface area contributed by atoms with E-state index in [1.54, 1.807) is 28.8 Å². The number of hydrogen-bond acceptors (Lipinski definition) is 5. The van der Waals surface area contributed by atoms with Crippen molar-refractivity contribution in [3.05, 3.63) is 25.3 Å². The molecule has 3 fully saturated rings. The van der Waals surface area contributed by atoms with E-state index in [4.69, 9.17) is 0 Å². The van der Waals surface area contributed by atoms with Crippen molar-refractivity contribution in [2.75, 3.05) is 32.8 Å². The molecular weight excluding hydrogens is 486 g/mol. The molecule has 37 heavy (non-hydrogen) atoms. The molecule has 3 aliphatic rings. The smallest absolute Gasteiger partial charge is 0.247 e. The maximum absolute atomic E-state index is 14.4. The van der Waals surface area contributed by atoms with Crippen LogP contribution in [0.1, 0.15) is 73.1 Å². The molecule has 1 spiro atoms. The van der Waals surface area contributed by atoms with Crippen LogP contribution in [0.3, 0.4) is 0 Å². The molecule has 0 aromatic carbocycles. The molecule has 3 saturated heterocycles. The second kappa shape index (κ2) is 11.5. The van der Waals surface area contributed by atoms with E-state index in [1.165, 1.54) is 0 Å². The Kier molecular flexibility index (Phi) is 9.26. The fourth-order valence-corrected chi connectivity index (χ4v) is 9.12. The highest BCUT2D eigenvalue weighted by Crippen LogP contribution is 2.71. The fourth-order valence-electron chi connectivity index (χ4n) is 6.78. The summed E-state index contributed by atoms with van der Waals surface area (Å²) in [6, 6.07) is -0.609. The Hall–Kier alpha value is -1.80. The summed E-state index contributed by atoms with van der Waals surface area (Å²) in [5.74, 6) is -1.05. The van der Waals surface area contributed by atoms with Crippen molar-refractivity contribution in [1.82, 2.24) is 14.7 Å². The number of thioether (sulfide) groups is 1. The summed E-state index contributed by atoms with van der Waals surface area (Å²) < 4.78 is -0.992. The lowest BCUT2D eigenvalue weighted by atomic mass is 9.66. The number of unbranched alkanes of at least 4 members (excludes halogenated alkanes) is 2. The van der Waals surface area contributed by atoms with E-state index in [1.807, 2.05) is 37.5 Å². The van der Waals surface area contributed by atoms with Crippen LogP contribution in [0.15, 0.2) is 25.3 Å². The van der Waals surface area contributed by atoms with Gasteiger partial charge in [-0.3, -0.25) is 14.4 Å². The quantitative estimate of drug-likeness (QED) is 0.287. The average molecular weight is 534 g/mol. The van der Waals surface area contributed by atoms with Crippen LogP contribution in [0.4, 0.5) is 0 Å². The first-order valence-corrected chi connectivity index (χ1v) is 14.7. The minimum absolute atomic E-state index is 0.0174. The van der Waals surface area contributed by atoms with Gasteiger partial charge >= 0.3 is 0 Å². The van der Waals surface area contributed by atoms with E-state index < -0.39 is 28.2 Å². The molecule has 208 valence electrons. The Balaban J connectivity index is 2.07. The number of aliphatic hydroxyl groups is 1. The molecule has 7 nitrogen and oxygen atoms in total. The monoisotopic (exact) mass is 533 g/mol. The lowest BCUT2D eigenvalue weighted by Crippen LogP contribution is -2.59. The summed E-state index contributed by atoms with van der Waals surface area (Å²) in [4.78, 5) is 48.2. The topological polar surface area (TPSA) is 81.2 Å². The SMILES string of the molecule is C=CCN(CCC)C(=O)[C@H]1[C@H]2C(=O)N(CCCCCO)C(C(=O)N(CC=C)C(C)(C)C)C23CC[C@]1(C)S3. The average Bonchev–Trinajstić information content (AvgIpc) is 3.39. The van der Waals surface area contributed by atoms with Gasteiger partial charge in [0.25, 0.3) is 0 Å². The summed E-state index contributed by atoms with van der Waals surface area (Å²) in [5.41, 5.74) is -0.437. The molecule has 0 aliphatic carbocycles. The predicted octanol–water partition coefficient (Wildman–Crippen LogP) is 3.87. The Morgan fingerprint density at radius 3 is 2.38 bits per heavy atom. The van der Waals surface area contributed by atoms with Crippen molar-refractivity contribution >= 4 is 29.5 Å². The minimum atomic E-state index is -0.614. The second-order valence-corrected chi connectivity index (χ2v) is 13.9. The zero-order valence-electron chi connectivity index (χ0n) is 23.5. The number of hydrogen-bond donors (Lipinski definition) is 1. The first-order chi connectivity index (χ1) is 17.4. The molecule has 1 N–H and O–H groups in total. The normalized spacial score (nSPS) is 30.4. The van der Waals surface area contributed by atoms with Gasteiger partial charge in [0.05, 0.1) is 16.6 Å². The van der Waals surface area contributed by atoms with Gasteiger partial charge in [0, 0.05) is 43.1 Å². The molecule has 0 aromatic rings. The number of nitrogens with zero attached hydrogens (tertiary/aromatic N) is 3. The van der Waals surface area contributed by atoms with Crippen molar-refractivity contribution in [3.63, 3.8) is 0 Å². The van der Waals surface area contributed by atoms with Gasteiger partial charge in [0.2, 0.25) is 17.7 Å². The largest absolute Gasteiger partial charge is 0.396 e. The van der Waals surface area contributed by atoms with Crippen molar-refractivity contribution in [3.8, 4) is 0 Å². The summed E-state index contributed by atoms with van der Waals surface area (Å²) in [6.07, 6.45) is 8.05. The minimum Gasteiger partial charge on any atom is -0.396 e. The summed E-state index contributed by atoms with van der Waals surface area (Å²) >= 11 is 1.73.